The van der Waals surface area contributed by atoms with Gasteiger partial charge in [-0.05, 0) is 63.0 Å². The van der Waals surface area contributed by atoms with Crippen LogP contribution in [-0.4, -0.2) is 7.11 Å². The summed E-state index contributed by atoms with van der Waals surface area (Å²) in [7, 11) is 1.57. The maximum absolute atomic E-state index is 13.1. The van der Waals surface area contributed by atoms with Crippen molar-refractivity contribution in [1.29, 1.82) is 5.26 Å². The van der Waals surface area contributed by atoms with Crippen LogP contribution in [0.15, 0.2) is 71.2 Å². The molecule has 0 spiro atoms. The first-order valence-electron chi connectivity index (χ1n) is 8.52. The topological polar surface area (TPSA) is 42.2 Å². The van der Waals surface area contributed by atoms with Crippen LogP contribution in [0.4, 0.5) is 4.39 Å². The number of benzene rings is 3. The number of nitriles is 1. The largest absolute Gasteiger partial charge is 0.493 e. The van der Waals surface area contributed by atoms with E-state index >= 15 is 0 Å². The molecule has 28 heavy (non-hydrogen) atoms. The van der Waals surface area contributed by atoms with E-state index in [9.17, 15) is 9.65 Å². The normalized spacial score (nSPS) is 11.0. The average molecular weight is 438 g/mol. The molecular formula is C23H17BrFNO2. The predicted molar refractivity (Wildman–Crippen MR) is 111 cm³/mol. The highest BCUT2D eigenvalue weighted by Crippen LogP contribution is 2.38. The first kappa shape index (κ1) is 19.7. The minimum absolute atomic E-state index is 0.342. The summed E-state index contributed by atoms with van der Waals surface area (Å²) in [5.74, 6) is 0.794. The number of methoxy groups -OCH3 is 1. The monoisotopic (exact) mass is 437 g/mol. The number of allylic oxidation sites excluding steroid dienone is 1. The summed E-state index contributed by atoms with van der Waals surface area (Å²) in [5, 5.41) is 9.49. The Labute approximate surface area is 171 Å². The lowest BCUT2D eigenvalue weighted by molar-refractivity contribution is 0.282. The van der Waals surface area contributed by atoms with Gasteiger partial charge in [-0.15, -0.1) is 0 Å². The molecule has 3 aromatic carbocycles. The van der Waals surface area contributed by atoms with Crippen LogP contribution in [0.5, 0.6) is 11.5 Å². The molecule has 0 N–H and O–H groups in total. The van der Waals surface area contributed by atoms with Crippen LogP contribution in [0.2, 0.25) is 0 Å². The van der Waals surface area contributed by atoms with Crippen molar-refractivity contribution >= 4 is 27.6 Å². The second-order valence-corrected chi connectivity index (χ2v) is 6.84. The highest BCUT2D eigenvalue weighted by Gasteiger charge is 2.12. The molecule has 0 fully saturated rings. The molecule has 3 rings (SSSR count). The number of ether oxygens (including phenoxy) is 2. The van der Waals surface area contributed by atoms with Gasteiger partial charge in [0.25, 0.3) is 0 Å². The maximum Gasteiger partial charge on any atom is 0.175 e. The number of nitrogens with zero attached hydrogens (tertiary/aromatic N) is 1. The quantitative estimate of drug-likeness (QED) is 0.338. The third-order valence-corrected chi connectivity index (χ3v) is 4.65. The first-order valence-corrected chi connectivity index (χ1v) is 9.32. The maximum atomic E-state index is 13.1. The zero-order valence-electron chi connectivity index (χ0n) is 15.2. The lowest BCUT2D eigenvalue weighted by atomic mass is 10.0. The standard InChI is InChI=1S/C23H17BrFNO2/c1-27-22-13-17(11-19(14-26)18-7-9-20(25)10-8-18)12-21(24)23(22)28-15-16-5-3-2-4-6-16/h2-13H,15H2,1H3. The third-order valence-electron chi connectivity index (χ3n) is 4.06. The van der Waals surface area contributed by atoms with Crippen molar-refractivity contribution in [1.82, 2.24) is 0 Å². The molecular weight excluding hydrogens is 421 g/mol. The van der Waals surface area contributed by atoms with Crippen LogP contribution in [0, 0.1) is 17.1 Å². The fourth-order valence-corrected chi connectivity index (χ4v) is 3.24. The number of rotatable bonds is 6. The predicted octanol–water partition coefficient (Wildman–Crippen LogP) is 6.24. The summed E-state index contributed by atoms with van der Waals surface area (Å²) in [6.07, 6.45) is 1.72. The van der Waals surface area contributed by atoms with Crippen LogP contribution >= 0.6 is 15.9 Å². The SMILES string of the molecule is COc1cc(C=C(C#N)c2ccc(F)cc2)cc(Br)c1OCc1ccccc1. The fraction of sp³-hybridized carbons (Fsp3) is 0.0870. The summed E-state index contributed by atoms with van der Waals surface area (Å²) in [6.45, 7) is 0.407. The molecule has 0 heterocycles. The van der Waals surface area contributed by atoms with Gasteiger partial charge in [0.05, 0.1) is 23.2 Å². The van der Waals surface area contributed by atoms with Crippen molar-refractivity contribution in [3.63, 3.8) is 0 Å². The highest BCUT2D eigenvalue weighted by molar-refractivity contribution is 9.10. The van der Waals surface area contributed by atoms with Crippen molar-refractivity contribution in [2.75, 3.05) is 7.11 Å². The molecule has 0 radical (unpaired) electrons. The Hall–Kier alpha value is -3.10. The highest BCUT2D eigenvalue weighted by atomic mass is 79.9. The molecule has 0 atom stereocenters. The van der Waals surface area contributed by atoms with Gasteiger partial charge in [0.1, 0.15) is 12.4 Å². The van der Waals surface area contributed by atoms with E-state index in [0.29, 0.717) is 33.7 Å². The molecule has 0 saturated carbocycles. The molecule has 0 aliphatic heterocycles. The Kier molecular flexibility index (Phi) is 6.46. The summed E-state index contributed by atoms with van der Waals surface area (Å²) < 4.78 is 25.3. The summed E-state index contributed by atoms with van der Waals surface area (Å²) >= 11 is 3.52. The van der Waals surface area contributed by atoms with Gasteiger partial charge in [-0.25, -0.2) is 4.39 Å². The fourth-order valence-electron chi connectivity index (χ4n) is 2.67. The van der Waals surface area contributed by atoms with Crippen LogP contribution in [0.3, 0.4) is 0 Å². The van der Waals surface area contributed by atoms with Crippen molar-refractivity contribution < 1.29 is 13.9 Å². The zero-order valence-corrected chi connectivity index (χ0v) is 16.7. The van der Waals surface area contributed by atoms with Crippen molar-refractivity contribution in [3.8, 4) is 17.6 Å². The number of hydrogen-bond acceptors (Lipinski definition) is 3. The van der Waals surface area contributed by atoms with Crippen LogP contribution in [-0.2, 0) is 6.61 Å². The van der Waals surface area contributed by atoms with Gasteiger partial charge in [-0.2, -0.15) is 5.26 Å². The average Bonchev–Trinajstić information content (AvgIpc) is 2.72. The molecule has 3 aromatic rings. The van der Waals surface area contributed by atoms with E-state index in [-0.39, 0.29) is 5.82 Å². The summed E-state index contributed by atoms with van der Waals surface area (Å²) in [6, 6.07) is 21.5. The van der Waals surface area contributed by atoms with E-state index in [1.807, 2.05) is 36.4 Å². The number of halogens is 2. The molecule has 0 aliphatic rings. The second-order valence-electron chi connectivity index (χ2n) is 5.99. The van der Waals surface area contributed by atoms with Crippen molar-refractivity contribution in [2.24, 2.45) is 0 Å². The van der Waals surface area contributed by atoms with E-state index in [1.165, 1.54) is 12.1 Å². The minimum atomic E-state index is -0.342. The zero-order chi connectivity index (χ0) is 19.9. The van der Waals surface area contributed by atoms with E-state index in [2.05, 4.69) is 22.0 Å². The molecule has 3 nitrogen and oxygen atoms in total. The van der Waals surface area contributed by atoms with Gasteiger partial charge in [-0.1, -0.05) is 42.5 Å². The molecule has 140 valence electrons. The summed E-state index contributed by atoms with van der Waals surface area (Å²) in [5.41, 5.74) is 2.87. The molecule has 0 aliphatic carbocycles. The van der Waals surface area contributed by atoms with Gasteiger partial charge >= 0.3 is 0 Å². The van der Waals surface area contributed by atoms with Crippen LogP contribution in [0.25, 0.3) is 11.6 Å². The Morgan fingerprint density at radius 2 is 1.82 bits per heavy atom. The van der Waals surface area contributed by atoms with Crippen LogP contribution < -0.4 is 9.47 Å². The Balaban J connectivity index is 1.89. The van der Waals surface area contributed by atoms with Gasteiger partial charge in [0.2, 0.25) is 0 Å². The lowest BCUT2D eigenvalue weighted by Crippen LogP contribution is -1.99. The molecule has 0 bridgehead atoms. The first-order chi connectivity index (χ1) is 13.6. The number of hydrogen-bond donors (Lipinski definition) is 0. The van der Waals surface area contributed by atoms with Gasteiger partial charge in [0.15, 0.2) is 11.5 Å². The van der Waals surface area contributed by atoms with E-state index < -0.39 is 0 Å². The second kappa shape index (κ2) is 9.20. The molecule has 0 amide bonds. The van der Waals surface area contributed by atoms with E-state index in [4.69, 9.17) is 9.47 Å². The summed E-state index contributed by atoms with van der Waals surface area (Å²) in [4.78, 5) is 0. The van der Waals surface area contributed by atoms with E-state index in [0.717, 1.165) is 11.1 Å². The smallest absolute Gasteiger partial charge is 0.175 e. The van der Waals surface area contributed by atoms with Gasteiger partial charge in [0, 0.05) is 0 Å². The molecule has 0 unspecified atom stereocenters. The molecule has 0 saturated heterocycles. The third kappa shape index (κ3) is 4.79. The Morgan fingerprint density at radius 3 is 2.46 bits per heavy atom. The Morgan fingerprint density at radius 1 is 1.11 bits per heavy atom. The molecule has 5 heteroatoms. The van der Waals surface area contributed by atoms with Gasteiger partial charge in [-0.3, -0.25) is 0 Å². The van der Waals surface area contributed by atoms with Crippen LogP contribution in [0.1, 0.15) is 16.7 Å². The Bertz CT molecular complexity index is 1020. The lowest BCUT2D eigenvalue weighted by Gasteiger charge is -2.14. The van der Waals surface area contributed by atoms with Crippen molar-refractivity contribution in [2.45, 2.75) is 6.61 Å². The van der Waals surface area contributed by atoms with Gasteiger partial charge < -0.3 is 9.47 Å². The van der Waals surface area contributed by atoms with Crippen molar-refractivity contribution in [3.05, 3.63) is 93.7 Å². The minimum Gasteiger partial charge on any atom is -0.493 e. The molecule has 0 aromatic heterocycles. The van der Waals surface area contributed by atoms with E-state index in [1.54, 1.807) is 31.4 Å².